The van der Waals surface area contributed by atoms with Crippen molar-refractivity contribution in [1.29, 1.82) is 0 Å². The van der Waals surface area contributed by atoms with E-state index in [2.05, 4.69) is 20.1 Å². The van der Waals surface area contributed by atoms with Crippen molar-refractivity contribution >= 4 is 0 Å². The molecule has 0 aromatic carbocycles. The van der Waals surface area contributed by atoms with E-state index in [9.17, 15) is 0 Å². The monoisotopic (exact) mass is 324 g/mol. The molecule has 0 aliphatic carbocycles. The largest absolute Gasteiger partial charge is 0.489 e. The molecule has 1 N–H and O–H groups in total. The maximum absolute atomic E-state index is 6.02. The fraction of sp³-hybridized carbons (Fsp3) is 0.333. The van der Waals surface area contributed by atoms with Gasteiger partial charge in [-0.15, -0.1) is 0 Å². The van der Waals surface area contributed by atoms with E-state index in [4.69, 9.17) is 9.15 Å². The molecule has 6 nitrogen and oxygen atoms in total. The fourth-order valence-electron chi connectivity index (χ4n) is 3.10. The van der Waals surface area contributed by atoms with Gasteiger partial charge in [-0.25, -0.2) is 0 Å². The number of furan rings is 1. The Hall–Kier alpha value is -2.60. The van der Waals surface area contributed by atoms with Crippen LogP contribution in [0.3, 0.4) is 0 Å². The number of rotatable bonds is 5. The van der Waals surface area contributed by atoms with E-state index in [1.54, 1.807) is 12.4 Å². The minimum absolute atomic E-state index is 0.216. The topological polar surface area (TPSA) is 67.2 Å². The highest BCUT2D eigenvalue weighted by molar-refractivity contribution is 5.56. The summed E-state index contributed by atoms with van der Waals surface area (Å²) in [5, 5.41) is 7.24. The highest BCUT2D eigenvalue weighted by Gasteiger charge is 2.25. The van der Waals surface area contributed by atoms with Crippen LogP contribution >= 0.6 is 0 Å². The molecule has 0 radical (unpaired) electrons. The Morgan fingerprint density at radius 3 is 2.96 bits per heavy atom. The summed E-state index contributed by atoms with van der Waals surface area (Å²) in [5.74, 6) is 2.62. The maximum atomic E-state index is 6.02. The molecule has 0 bridgehead atoms. The molecule has 1 fully saturated rings. The Balaban J connectivity index is 1.40. The summed E-state index contributed by atoms with van der Waals surface area (Å²) in [5.41, 5.74) is 2.11. The SMILES string of the molecule is Cc1ccc(-c2[nH]ncc2CN2CCC(Oc3ccncc3)C2)o1. The number of hydrogen-bond donors (Lipinski definition) is 1. The Morgan fingerprint density at radius 1 is 1.29 bits per heavy atom. The van der Waals surface area contributed by atoms with Gasteiger partial charge in [0.15, 0.2) is 5.76 Å². The van der Waals surface area contributed by atoms with Crippen molar-refractivity contribution in [1.82, 2.24) is 20.1 Å². The smallest absolute Gasteiger partial charge is 0.152 e. The lowest BCUT2D eigenvalue weighted by Gasteiger charge is -2.16. The average molecular weight is 324 g/mol. The highest BCUT2D eigenvalue weighted by Crippen LogP contribution is 2.26. The van der Waals surface area contributed by atoms with Gasteiger partial charge in [0, 0.05) is 37.6 Å². The van der Waals surface area contributed by atoms with Gasteiger partial charge >= 0.3 is 0 Å². The minimum Gasteiger partial charge on any atom is -0.489 e. The molecule has 0 saturated carbocycles. The molecule has 24 heavy (non-hydrogen) atoms. The minimum atomic E-state index is 0.216. The molecular formula is C18H20N4O2. The van der Waals surface area contributed by atoms with Crippen molar-refractivity contribution in [2.24, 2.45) is 0 Å². The lowest BCUT2D eigenvalue weighted by Crippen LogP contribution is -2.24. The van der Waals surface area contributed by atoms with Crippen LogP contribution < -0.4 is 4.74 Å². The molecule has 1 aliphatic heterocycles. The second kappa shape index (κ2) is 6.49. The van der Waals surface area contributed by atoms with Crippen LogP contribution in [-0.2, 0) is 6.54 Å². The quantitative estimate of drug-likeness (QED) is 0.781. The van der Waals surface area contributed by atoms with Crippen LogP contribution in [0, 0.1) is 6.92 Å². The van der Waals surface area contributed by atoms with Crippen LogP contribution in [0.2, 0.25) is 0 Å². The molecular weight excluding hydrogens is 304 g/mol. The van der Waals surface area contributed by atoms with E-state index >= 15 is 0 Å². The van der Waals surface area contributed by atoms with Crippen LogP contribution in [-0.4, -0.2) is 39.3 Å². The van der Waals surface area contributed by atoms with Crippen LogP contribution in [0.4, 0.5) is 0 Å². The predicted molar refractivity (Wildman–Crippen MR) is 89.6 cm³/mol. The second-order valence-electron chi connectivity index (χ2n) is 6.13. The Bertz CT molecular complexity index is 796. The fourth-order valence-corrected chi connectivity index (χ4v) is 3.10. The summed E-state index contributed by atoms with van der Waals surface area (Å²) in [6, 6.07) is 7.74. The first-order chi connectivity index (χ1) is 11.8. The number of ether oxygens (including phenoxy) is 1. The Morgan fingerprint density at radius 2 is 2.17 bits per heavy atom. The number of H-pyrrole nitrogens is 1. The van der Waals surface area contributed by atoms with Gasteiger partial charge < -0.3 is 9.15 Å². The molecule has 0 amide bonds. The molecule has 1 unspecified atom stereocenters. The number of nitrogens with zero attached hydrogens (tertiary/aromatic N) is 3. The molecule has 1 saturated heterocycles. The van der Waals surface area contributed by atoms with Gasteiger partial charge in [0.1, 0.15) is 23.3 Å². The zero-order chi connectivity index (χ0) is 16.4. The zero-order valence-corrected chi connectivity index (χ0v) is 13.6. The molecule has 3 aromatic rings. The first-order valence-corrected chi connectivity index (χ1v) is 8.16. The molecule has 3 aromatic heterocycles. The van der Waals surface area contributed by atoms with Crippen LogP contribution in [0.25, 0.3) is 11.5 Å². The van der Waals surface area contributed by atoms with Crippen LogP contribution in [0.1, 0.15) is 17.7 Å². The van der Waals surface area contributed by atoms with Crippen molar-refractivity contribution in [2.45, 2.75) is 26.0 Å². The zero-order valence-electron chi connectivity index (χ0n) is 13.6. The molecule has 0 spiro atoms. The molecule has 6 heteroatoms. The predicted octanol–water partition coefficient (Wildman–Crippen LogP) is 3.03. The van der Waals surface area contributed by atoms with Crippen molar-refractivity contribution in [3.05, 3.63) is 54.2 Å². The van der Waals surface area contributed by atoms with Gasteiger partial charge in [0.05, 0.1) is 6.20 Å². The van der Waals surface area contributed by atoms with Crippen molar-refractivity contribution in [3.8, 4) is 17.2 Å². The average Bonchev–Trinajstić information content (AvgIpc) is 3.31. The number of hydrogen-bond acceptors (Lipinski definition) is 5. The number of aromatic nitrogens is 3. The summed E-state index contributed by atoms with van der Waals surface area (Å²) in [6.07, 6.45) is 6.63. The number of pyridine rings is 1. The lowest BCUT2D eigenvalue weighted by atomic mass is 10.2. The van der Waals surface area contributed by atoms with E-state index in [1.165, 1.54) is 0 Å². The molecule has 124 valence electrons. The van der Waals surface area contributed by atoms with Gasteiger partial charge in [-0.1, -0.05) is 0 Å². The number of aromatic amines is 1. The summed E-state index contributed by atoms with van der Waals surface area (Å²) in [7, 11) is 0. The van der Waals surface area contributed by atoms with Gasteiger partial charge in [0.25, 0.3) is 0 Å². The van der Waals surface area contributed by atoms with E-state index < -0.39 is 0 Å². The molecule has 1 atom stereocenters. The van der Waals surface area contributed by atoms with Gasteiger partial charge in [-0.2, -0.15) is 5.10 Å². The third-order valence-electron chi connectivity index (χ3n) is 4.28. The van der Waals surface area contributed by atoms with Crippen molar-refractivity contribution < 1.29 is 9.15 Å². The summed E-state index contributed by atoms with van der Waals surface area (Å²) in [6.45, 7) is 4.70. The van der Waals surface area contributed by atoms with Gasteiger partial charge in [-0.3, -0.25) is 15.0 Å². The van der Waals surface area contributed by atoms with E-state index in [-0.39, 0.29) is 6.10 Å². The summed E-state index contributed by atoms with van der Waals surface area (Å²) in [4.78, 5) is 6.40. The van der Waals surface area contributed by atoms with Crippen molar-refractivity contribution in [3.63, 3.8) is 0 Å². The molecule has 4 rings (SSSR count). The third-order valence-corrected chi connectivity index (χ3v) is 4.28. The van der Waals surface area contributed by atoms with E-state index in [1.807, 2.05) is 37.4 Å². The number of likely N-dealkylation sites (tertiary alicyclic amines) is 1. The van der Waals surface area contributed by atoms with Gasteiger partial charge in [-0.05, 0) is 37.6 Å². The first kappa shape index (κ1) is 15.0. The normalized spacial score (nSPS) is 18.1. The van der Waals surface area contributed by atoms with E-state index in [0.29, 0.717) is 0 Å². The highest BCUT2D eigenvalue weighted by atomic mass is 16.5. The lowest BCUT2D eigenvalue weighted by molar-refractivity contribution is 0.198. The maximum Gasteiger partial charge on any atom is 0.152 e. The van der Waals surface area contributed by atoms with Gasteiger partial charge in [0.2, 0.25) is 0 Å². The van der Waals surface area contributed by atoms with Crippen molar-refractivity contribution in [2.75, 3.05) is 13.1 Å². The third kappa shape index (κ3) is 3.19. The Kier molecular flexibility index (Phi) is 4.04. The van der Waals surface area contributed by atoms with Crippen LogP contribution in [0.5, 0.6) is 5.75 Å². The second-order valence-corrected chi connectivity index (χ2v) is 6.13. The van der Waals surface area contributed by atoms with Crippen LogP contribution in [0.15, 0.2) is 47.3 Å². The van der Waals surface area contributed by atoms with E-state index in [0.717, 1.165) is 54.6 Å². The number of nitrogens with one attached hydrogen (secondary N) is 1. The summed E-state index contributed by atoms with van der Waals surface area (Å²) < 4.78 is 11.7. The molecule has 4 heterocycles. The Labute approximate surface area is 140 Å². The summed E-state index contributed by atoms with van der Waals surface area (Å²) >= 11 is 0. The first-order valence-electron chi connectivity index (χ1n) is 8.16. The number of aryl methyl sites for hydroxylation is 1. The standard InChI is InChI=1S/C18H20N4O2/c1-13-2-3-17(23-13)18-14(10-20-21-18)11-22-9-6-16(12-22)24-15-4-7-19-8-5-15/h2-5,7-8,10,16H,6,9,11-12H2,1H3,(H,20,21). The molecule has 1 aliphatic rings.